The number of hydrogen-bond acceptors (Lipinski definition) is 4. The van der Waals surface area contributed by atoms with Gasteiger partial charge in [-0.15, -0.1) is 4.73 Å². The van der Waals surface area contributed by atoms with Crippen LogP contribution >= 0.6 is 0 Å². The van der Waals surface area contributed by atoms with Crippen molar-refractivity contribution in [1.82, 2.24) is 0 Å². The number of nitriles is 1. The van der Waals surface area contributed by atoms with Gasteiger partial charge >= 0.3 is 11.5 Å². The first-order valence-electron chi connectivity index (χ1n) is 4.56. The molecule has 2 rings (SSSR count). The summed E-state index contributed by atoms with van der Waals surface area (Å²) in [4.78, 5) is 0. The molecule has 0 aliphatic rings. The minimum atomic E-state index is -0.240. The van der Waals surface area contributed by atoms with Gasteiger partial charge in [-0.2, -0.15) is 5.26 Å². The van der Waals surface area contributed by atoms with Gasteiger partial charge in [0.15, 0.2) is 6.07 Å². The van der Waals surface area contributed by atoms with Crippen molar-refractivity contribution >= 4 is 16.9 Å². The highest BCUT2D eigenvalue weighted by atomic mass is 16.5. The molecule has 0 radical (unpaired) electrons. The Kier molecular flexibility index (Phi) is 2.21. The summed E-state index contributed by atoms with van der Waals surface area (Å²) in [6, 6.07) is 8.03. The van der Waals surface area contributed by atoms with Crippen molar-refractivity contribution in [2.45, 2.75) is 0 Å². The number of rotatable bonds is 1. The Bertz CT molecular complexity index is 604. The average Bonchev–Trinajstić information content (AvgIpc) is 2.33. The standard InChI is InChI=1S/C10H8N4O2/c1-12-10-9(6-11)13(15)7-4-2-3-5-8(7)14(10)16/h2-5,12H,1H3. The normalized spacial score (nSPS) is 10.0. The summed E-state index contributed by atoms with van der Waals surface area (Å²) in [5.41, 5.74) is 0.158. The van der Waals surface area contributed by atoms with Gasteiger partial charge in [0, 0.05) is 6.07 Å². The van der Waals surface area contributed by atoms with Crippen LogP contribution in [0.15, 0.2) is 24.3 Å². The summed E-state index contributed by atoms with van der Waals surface area (Å²) < 4.78 is 0.998. The van der Waals surface area contributed by atoms with Crippen LogP contribution in [0.25, 0.3) is 11.0 Å². The maximum Gasteiger partial charge on any atom is 0.385 e. The zero-order valence-electron chi connectivity index (χ0n) is 8.47. The van der Waals surface area contributed by atoms with E-state index in [2.05, 4.69) is 5.32 Å². The molecule has 1 heterocycles. The third-order valence-electron chi connectivity index (χ3n) is 2.29. The third kappa shape index (κ3) is 1.19. The highest BCUT2D eigenvalue weighted by Crippen LogP contribution is 2.11. The molecule has 0 aliphatic heterocycles. The second kappa shape index (κ2) is 3.55. The Morgan fingerprint density at radius 1 is 1.19 bits per heavy atom. The number of aromatic nitrogens is 2. The Labute approximate surface area is 91.1 Å². The maximum atomic E-state index is 11.8. The third-order valence-corrected chi connectivity index (χ3v) is 2.29. The molecule has 0 unspecified atom stereocenters. The van der Waals surface area contributed by atoms with Crippen LogP contribution in [0, 0.1) is 21.7 Å². The number of nitrogens with zero attached hydrogens (tertiary/aromatic N) is 3. The fraction of sp³-hybridized carbons (Fsp3) is 0.100. The Hall–Kier alpha value is -2.55. The largest absolute Gasteiger partial charge is 0.710 e. The first-order chi connectivity index (χ1) is 7.70. The first kappa shape index (κ1) is 9.98. The van der Waals surface area contributed by atoms with Crippen molar-refractivity contribution in [3.8, 4) is 6.07 Å². The van der Waals surface area contributed by atoms with Crippen molar-refractivity contribution in [2.24, 2.45) is 0 Å². The average molecular weight is 216 g/mol. The summed E-state index contributed by atoms with van der Waals surface area (Å²) in [5.74, 6) is -0.0452. The summed E-state index contributed by atoms with van der Waals surface area (Å²) in [6.45, 7) is 0. The van der Waals surface area contributed by atoms with Crippen LogP contribution in [0.2, 0.25) is 0 Å². The lowest BCUT2D eigenvalue weighted by molar-refractivity contribution is -0.620. The van der Waals surface area contributed by atoms with Gasteiger partial charge in [0.1, 0.15) is 0 Å². The van der Waals surface area contributed by atoms with Crippen molar-refractivity contribution in [3.05, 3.63) is 40.4 Å². The van der Waals surface area contributed by atoms with Gasteiger partial charge in [0.05, 0.1) is 7.05 Å². The molecule has 0 spiro atoms. The van der Waals surface area contributed by atoms with Crippen LogP contribution in [0.5, 0.6) is 0 Å². The van der Waals surface area contributed by atoms with Gasteiger partial charge in [-0.25, -0.2) is 4.73 Å². The van der Waals surface area contributed by atoms with E-state index in [1.165, 1.54) is 19.2 Å². The lowest BCUT2D eigenvalue weighted by atomic mass is 10.3. The highest BCUT2D eigenvalue weighted by Gasteiger charge is 2.24. The fourth-order valence-electron chi connectivity index (χ4n) is 1.56. The molecule has 6 nitrogen and oxygen atoms in total. The van der Waals surface area contributed by atoms with Crippen LogP contribution in [0.3, 0.4) is 0 Å². The van der Waals surface area contributed by atoms with Gasteiger partial charge in [0.25, 0.3) is 5.52 Å². The maximum absolute atomic E-state index is 11.8. The topological polar surface area (TPSA) is 89.7 Å². The molecule has 6 heteroatoms. The van der Waals surface area contributed by atoms with E-state index in [0.29, 0.717) is 9.46 Å². The number of anilines is 1. The van der Waals surface area contributed by atoms with Gasteiger partial charge < -0.3 is 10.4 Å². The molecular weight excluding hydrogens is 208 g/mol. The van der Waals surface area contributed by atoms with Gasteiger partial charge in [0.2, 0.25) is 5.52 Å². The minimum absolute atomic E-state index is 0.0452. The van der Waals surface area contributed by atoms with E-state index in [1.54, 1.807) is 18.2 Å². The second-order valence-electron chi connectivity index (χ2n) is 3.14. The van der Waals surface area contributed by atoms with Crippen LogP contribution in [0.1, 0.15) is 5.69 Å². The van der Waals surface area contributed by atoms with E-state index in [1.807, 2.05) is 0 Å². The first-order valence-corrected chi connectivity index (χ1v) is 4.56. The zero-order valence-corrected chi connectivity index (χ0v) is 8.47. The molecule has 0 amide bonds. The van der Waals surface area contributed by atoms with E-state index in [4.69, 9.17) is 5.26 Å². The number of fused-ring (bicyclic) bond motifs is 1. The van der Waals surface area contributed by atoms with Crippen molar-refractivity contribution < 1.29 is 9.46 Å². The van der Waals surface area contributed by atoms with Crippen molar-refractivity contribution in [1.29, 1.82) is 5.26 Å². The Morgan fingerprint density at radius 2 is 1.75 bits per heavy atom. The molecule has 0 saturated heterocycles. The molecule has 1 N–H and O–H groups in total. The zero-order chi connectivity index (χ0) is 11.7. The van der Waals surface area contributed by atoms with Gasteiger partial charge in [-0.3, -0.25) is 5.32 Å². The molecule has 2 aromatic rings. The van der Waals surface area contributed by atoms with Gasteiger partial charge in [-0.05, 0) is 6.07 Å². The van der Waals surface area contributed by atoms with Crippen molar-refractivity contribution in [3.63, 3.8) is 0 Å². The molecule has 0 fully saturated rings. The van der Waals surface area contributed by atoms with Crippen LogP contribution in [-0.4, -0.2) is 7.05 Å². The van der Waals surface area contributed by atoms with Crippen LogP contribution in [0.4, 0.5) is 5.82 Å². The molecule has 0 saturated carbocycles. The van der Waals surface area contributed by atoms with E-state index < -0.39 is 0 Å². The SMILES string of the molecule is CNc1c(C#N)[n+]([O-])c2ccccc2[n+]1[O-]. The van der Waals surface area contributed by atoms with E-state index in [9.17, 15) is 10.4 Å². The molecule has 0 atom stereocenters. The van der Waals surface area contributed by atoms with Crippen LogP contribution in [-0.2, 0) is 0 Å². The number of nitrogens with one attached hydrogen (secondary N) is 1. The smallest absolute Gasteiger partial charge is 0.385 e. The quantitative estimate of drug-likeness (QED) is 0.537. The minimum Gasteiger partial charge on any atom is -0.710 e. The molecule has 16 heavy (non-hydrogen) atoms. The summed E-state index contributed by atoms with van der Waals surface area (Å²) in [6.07, 6.45) is 0. The lowest BCUT2D eigenvalue weighted by Gasteiger charge is -2.11. The Morgan fingerprint density at radius 3 is 2.25 bits per heavy atom. The summed E-state index contributed by atoms with van der Waals surface area (Å²) >= 11 is 0. The predicted octanol–water partition coefficient (Wildman–Crippen LogP) is 0.0200. The lowest BCUT2D eigenvalue weighted by Crippen LogP contribution is -2.43. The Balaban J connectivity index is 3.00. The summed E-state index contributed by atoms with van der Waals surface area (Å²) in [7, 11) is 1.49. The number of hydrogen-bond donors (Lipinski definition) is 1. The molecule has 0 aliphatic carbocycles. The number of benzene rings is 1. The summed E-state index contributed by atoms with van der Waals surface area (Å²) in [5, 5.41) is 35.0. The monoisotopic (exact) mass is 216 g/mol. The fourth-order valence-corrected chi connectivity index (χ4v) is 1.56. The van der Waals surface area contributed by atoms with E-state index in [-0.39, 0.29) is 22.5 Å². The van der Waals surface area contributed by atoms with Crippen LogP contribution < -0.4 is 14.8 Å². The molecule has 1 aromatic carbocycles. The second-order valence-corrected chi connectivity index (χ2v) is 3.14. The van der Waals surface area contributed by atoms with Crippen molar-refractivity contribution in [2.75, 3.05) is 12.4 Å². The highest BCUT2D eigenvalue weighted by molar-refractivity contribution is 5.69. The van der Waals surface area contributed by atoms with E-state index in [0.717, 1.165) is 0 Å². The molecule has 80 valence electrons. The molecule has 0 bridgehead atoms. The van der Waals surface area contributed by atoms with E-state index >= 15 is 0 Å². The molecule has 1 aromatic heterocycles. The number of para-hydroxylation sites is 2. The molecular formula is C10H8N4O2. The predicted molar refractivity (Wildman–Crippen MR) is 56.1 cm³/mol. The van der Waals surface area contributed by atoms with Gasteiger partial charge in [-0.1, -0.05) is 12.1 Å².